The number of nitrogens with zero attached hydrogens (tertiary/aromatic N) is 2. The number of aromatic amines is 1. The van der Waals surface area contributed by atoms with Crippen LogP contribution in [0.25, 0.3) is 10.9 Å². The Morgan fingerprint density at radius 1 is 1.17 bits per heavy atom. The molecular formula is C20H16ClF4N3O. The molecular weight excluding hydrogens is 410 g/mol. The summed E-state index contributed by atoms with van der Waals surface area (Å²) in [5, 5.41) is 3.15. The van der Waals surface area contributed by atoms with Crippen LogP contribution in [0, 0.1) is 5.82 Å². The van der Waals surface area contributed by atoms with Crippen molar-refractivity contribution in [2.45, 2.75) is 25.2 Å². The second kappa shape index (κ2) is 7.68. The van der Waals surface area contributed by atoms with Crippen LogP contribution in [0.1, 0.15) is 16.7 Å². The molecule has 0 radical (unpaired) electrons. The van der Waals surface area contributed by atoms with E-state index in [0.29, 0.717) is 18.0 Å². The summed E-state index contributed by atoms with van der Waals surface area (Å²) in [5.74, 6) is -1.28. The highest BCUT2D eigenvalue weighted by Gasteiger charge is 2.35. The Bertz CT molecular complexity index is 1060. The summed E-state index contributed by atoms with van der Waals surface area (Å²) in [4.78, 5) is 12.9. The molecule has 1 atom stereocenters. The van der Waals surface area contributed by atoms with Gasteiger partial charge in [-0.2, -0.15) is 13.2 Å². The lowest BCUT2D eigenvalue weighted by Gasteiger charge is -2.17. The average molecular weight is 426 g/mol. The summed E-state index contributed by atoms with van der Waals surface area (Å²) in [6, 6.07) is 8.78. The number of aliphatic imine (C=N–C) groups is 1. The number of halogens is 5. The quantitative estimate of drug-likeness (QED) is 0.559. The first-order valence-corrected chi connectivity index (χ1v) is 9.26. The SMILES string of the molecule is Fc1c(CC2N=CN(CCc3c[nH]c4ccc(Cl)cc34)O2)cccc1C(F)(F)F. The Kier molecular flexibility index (Phi) is 5.23. The molecule has 4 nitrogen and oxygen atoms in total. The average Bonchev–Trinajstić information content (AvgIpc) is 3.27. The van der Waals surface area contributed by atoms with Crippen molar-refractivity contribution in [2.24, 2.45) is 4.99 Å². The second-order valence-corrected chi connectivity index (χ2v) is 7.14. The van der Waals surface area contributed by atoms with Crippen molar-refractivity contribution in [3.8, 4) is 0 Å². The molecule has 0 aliphatic carbocycles. The number of hydrogen-bond donors (Lipinski definition) is 1. The molecule has 1 N–H and O–H groups in total. The van der Waals surface area contributed by atoms with E-state index in [-0.39, 0.29) is 12.0 Å². The molecule has 0 spiro atoms. The van der Waals surface area contributed by atoms with Gasteiger partial charge in [0.05, 0.1) is 12.1 Å². The Labute approximate surface area is 168 Å². The Hall–Kier alpha value is -2.58. The van der Waals surface area contributed by atoms with Crippen molar-refractivity contribution in [3.05, 3.63) is 70.1 Å². The zero-order valence-electron chi connectivity index (χ0n) is 15.0. The smallest absolute Gasteiger partial charge is 0.361 e. The lowest BCUT2D eigenvalue weighted by Crippen LogP contribution is -2.24. The van der Waals surface area contributed by atoms with E-state index < -0.39 is 23.8 Å². The minimum absolute atomic E-state index is 0.0879. The Balaban J connectivity index is 1.38. The Morgan fingerprint density at radius 2 is 2.00 bits per heavy atom. The van der Waals surface area contributed by atoms with Crippen molar-refractivity contribution in [1.29, 1.82) is 0 Å². The topological polar surface area (TPSA) is 40.6 Å². The minimum Gasteiger partial charge on any atom is -0.361 e. The van der Waals surface area contributed by atoms with Crippen LogP contribution in [-0.2, 0) is 23.9 Å². The van der Waals surface area contributed by atoms with Gasteiger partial charge in [-0.1, -0.05) is 23.7 Å². The molecule has 0 bridgehead atoms. The summed E-state index contributed by atoms with van der Waals surface area (Å²) in [6.07, 6.45) is -1.61. The van der Waals surface area contributed by atoms with Gasteiger partial charge in [0.15, 0.2) is 6.23 Å². The van der Waals surface area contributed by atoms with Crippen LogP contribution in [0.3, 0.4) is 0 Å². The van der Waals surface area contributed by atoms with E-state index in [2.05, 4.69) is 9.98 Å². The van der Waals surface area contributed by atoms with Crippen molar-refractivity contribution in [1.82, 2.24) is 10.0 Å². The van der Waals surface area contributed by atoms with Crippen molar-refractivity contribution in [2.75, 3.05) is 6.54 Å². The zero-order chi connectivity index (χ0) is 20.6. The fourth-order valence-electron chi connectivity index (χ4n) is 3.29. The van der Waals surface area contributed by atoms with E-state index in [1.807, 2.05) is 18.3 Å². The van der Waals surface area contributed by atoms with Gasteiger partial charge in [0, 0.05) is 28.5 Å². The molecule has 0 saturated heterocycles. The first-order valence-electron chi connectivity index (χ1n) is 8.88. The molecule has 1 unspecified atom stereocenters. The minimum atomic E-state index is -4.74. The number of hydroxylamine groups is 2. The molecule has 2 heterocycles. The van der Waals surface area contributed by atoms with Crippen molar-refractivity contribution < 1.29 is 22.4 Å². The summed E-state index contributed by atoms with van der Waals surface area (Å²) in [6.45, 7) is 0.477. The van der Waals surface area contributed by atoms with E-state index >= 15 is 0 Å². The molecule has 1 aromatic heterocycles. The molecule has 9 heteroatoms. The lowest BCUT2D eigenvalue weighted by atomic mass is 10.1. The van der Waals surface area contributed by atoms with Gasteiger partial charge < -0.3 is 4.98 Å². The van der Waals surface area contributed by atoms with Crippen LogP contribution in [0.15, 0.2) is 47.6 Å². The van der Waals surface area contributed by atoms with Crippen LogP contribution in [0.2, 0.25) is 5.02 Å². The van der Waals surface area contributed by atoms with Gasteiger partial charge in [0.25, 0.3) is 0 Å². The van der Waals surface area contributed by atoms with Crippen molar-refractivity contribution in [3.63, 3.8) is 0 Å². The van der Waals surface area contributed by atoms with Crippen LogP contribution < -0.4 is 0 Å². The third kappa shape index (κ3) is 4.23. The van der Waals surface area contributed by atoms with Crippen LogP contribution in [-0.4, -0.2) is 29.2 Å². The van der Waals surface area contributed by atoms with Gasteiger partial charge >= 0.3 is 6.18 Å². The molecule has 0 amide bonds. The zero-order valence-corrected chi connectivity index (χ0v) is 15.8. The van der Waals surface area contributed by atoms with Gasteiger partial charge in [0.2, 0.25) is 0 Å². The Morgan fingerprint density at radius 3 is 2.79 bits per heavy atom. The number of benzene rings is 2. The molecule has 2 aromatic carbocycles. The standard InChI is InChI=1S/C20H16ClF4N3O/c21-14-4-5-17-15(9-14)13(10-26-17)6-7-28-11-27-18(29-28)8-12-2-1-3-16(19(12)22)20(23,24)25/h1-5,9-11,18,26H,6-8H2. The molecule has 4 rings (SSSR count). The maximum absolute atomic E-state index is 14.2. The van der Waals surface area contributed by atoms with E-state index in [4.69, 9.17) is 16.4 Å². The van der Waals surface area contributed by atoms with Gasteiger partial charge in [-0.25, -0.2) is 19.3 Å². The van der Waals surface area contributed by atoms with Gasteiger partial charge in [0.1, 0.15) is 12.2 Å². The highest BCUT2D eigenvalue weighted by Crippen LogP contribution is 2.33. The fourth-order valence-corrected chi connectivity index (χ4v) is 3.46. The third-order valence-electron chi connectivity index (χ3n) is 4.73. The number of H-pyrrole nitrogens is 1. The number of nitrogens with one attached hydrogen (secondary N) is 1. The largest absolute Gasteiger partial charge is 0.419 e. The van der Waals surface area contributed by atoms with Gasteiger partial charge in [-0.3, -0.25) is 0 Å². The molecule has 0 fully saturated rings. The van der Waals surface area contributed by atoms with Crippen LogP contribution in [0.4, 0.5) is 17.6 Å². The number of alkyl halides is 3. The van der Waals surface area contributed by atoms with E-state index in [1.165, 1.54) is 23.5 Å². The highest BCUT2D eigenvalue weighted by molar-refractivity contribution is 6.31. The van der Waals surface area contributed by atoms with E-state index in [0.717, 1.165) is 22.5 Å². The van der Waals surface area contributed by atoms with Gasteiger partial charge in [-0.05, 0) is 41.8 Å². The third-order valence-corrected chi connectivity index (χ3v) is 4.96. The molecule has 3 aromatic rings. The van der Waals surface area contributed by atoms with Crippen molar-refractivity contribution >= 4 is 28.8 Å². The summed E-state index contributed by atoms with van der Waals surface area (Å²) in [5.41, 5.74) is 0.645. The highest BCUT2D eigenvalue weighted by atomic mass is 35.5. The molecule has 0 saturated carbocycles. The maximum Gasteiger partial charge on any atom is 0.419 e. The lowest BCUT2D eigenvalue weighted by molar-refractivity contribution is -0.140. The summed E-state index contributed by atoms with van der Waals surface area (Å²) in [7, 11) is 0. The van der Waals surface area contributed by atoms with Crippen LogP contribution in [0.5, 0.6) is 0 Å². The predicted octanol–water partition coefficient (Wildman–Crippen LogP) is 5.37. The predicted molar refractivity (Wildman–Crippen MR) is 102 cm³/mol. The number of rotatable bonds is 5. The summed E-state index contributed by atoms with van der Waals surface area (Å²) >= 11 is 6.05. The molecule has 29 heavy (non-hydrogen) atoms. The first-order chi connectivity index (χ1) is 13.8. The maximum atomic E-state index is 14.2. The number of aromatic nitrogens is 1. The monoisotopic (exact) mass is 425 g/mol. The first kappa shape index (κ1) is 19.7. The molecule has 152 valence electrons. The second-order valence-electron chi connectivity index (χ2n) is 6.70. The van der Waals surface area contributed by atoms with E-state index in [9.17, 15) is 17.6 Å². The number of fused-ring (bicyclic) bond motifs is 1. The van der Waals surface area contributed by atoms with E-state index in [1.54, 1.807) is 6.07 Å². The van der Waals surface area contributed by atoms with Crippen LogP contribution >= 0.6 is 11.6 Å². The summed E-state index contributed by atoms with van der Waals surface area (Å²) < 4.78 is 52.7. The van der Waals surface area contributed by atoms with Gasteiger partial charge in [-0.15, -0.1) is 0 Å². The fraction of sp³-hybridized carbons (Fsp3) is 0.250. The normalized spacial score (nSPS) is 16.9. The number of hydrogen-bond acceptors (Lipinski definition) is 3. The molecule has 1 aliphatic rings. The molecule has 1 aliphatic heterocycles.